The first-order chi connectivity index (χ1) is 19.8. The number of aryl methyl sites for hydroxylation is 1. The molecular formula is C31H25FN4O5. The summed E-state index contributed by atoms with van der Waals surface area (Å²) in [5.74, 6) is -1.50. The first-order valence-electron chi connectivity index (χ1n) is 12.6. The summed E-state index contributed by atoms with van der Waals surface area (Å²) in [6.07, 6.45) is -1.10. The molecule has 0 spiro atoms. The molecule has 0 saturated carbocycles. The van der Waals surface area contributed by atoms with Crippen LogP contribution >= 0.6 is 0 Å². The molecule has 0 unspecified atom stereocenters. The monoisotopic (exact) mass is 552 g/mol. The van der Waals surface area contributed by atoms with Crippen molar-refractivity contribution in [2.24, 2.45) is 7.05 Å². The van der Waals surface area contributed by atoms with Crippen LogP contribution in [0.1, 0.15) is 28.9 Å². The summed E-state index contributed by atoms with van der Waals surface area (Å²) in [5, 5.41) is 20.3. The van der Waals surface area contributed by atoms with E-state index in [0.29, 0.717) is 22.6 Å². The van der Waals surface area contributed by atoms with Crippen molar-refractivity contribution < 1.29 is 28.6 Å². The van der Waals surface area contributed by atoms with Crippen LogP contribution < -0.4 is 10.1 Å². The third-order valence-electron chi connectivity index (χ3n) is 6.36. The lowest BCUT2D eigenvalue weighted by Crippen LogP contribution is -2.18. The molecule has 0 aliphatic rings. The number of rotatable bonds is 8. The number of carbonyl (C=O) groups excluding carboxylic acids is 1. The summed E-state index contributed by atoms with van der Waals surface area (Å²) in [4.78, 5) is 24.0. The van der Waals surface area contributed by atoms with Crippen LogP contribution in [0.2, 0.25) is 0 Å². The fraction of sp³-hybridized carbons (Fsp3) is 0.0968. The number of benzene rings is 4. The fourth-order valence-corrected chi connectivity index (χ4v) is 4.21. The zero-order valence-corrected chi connectivity index (χ0v) is 22.1. The molecule has 41 heavy (non-hydrogen) atoms. The van der Waals surface area contributed by atoms with Crippen LogP contribution in [0.15, 0.2) is 97.1 Å². The minimum absolute atomic E-state index is 0.0443. The highest BCUT2D eigenvalue weighted by atomic mass is 19.1. The largest absolute Gasteiger partial charge is 0.478 e. The molecule has 1 aromatic heterocycles. The molecule has 2 N–H and O–H groups in total. The second-order valence-corrected chi connectivity index (χ2v) is 9.12. The highest BCUT2D eigenvalue weighted by molar-refractivity contribution is 5.91. The number of aromatic carboxylic acids is 1. The van der Waals surface area contributed by atoms with E-state index >= 15 is 0 Å². The fourth-order valence-electron chi connectivity index (χ4n) is 4.21. The van der Waals surface area contributed by atoms with Crippen LogP contribution in [0.25, 0.3) is 22.4 Å². The number of carbonyl (C=O) groups is 2. The van der Waals surface area contributed by atoms with Crippen LogP contribution in [0, 0.1) is 5.82 Å². The highest BCUT2D eigenvalue weighted by Gasteiger charge is 2.19. The van der Waals surface area contributed by atoms with Crippen molar-refractivity contribution >= 4 is 17.9 Å². The van der Waals surface area contributed by atoms with E-state index in [-0.39, 0.29) is 17.1 Å². The number of aromatic nitrogens is 3. The van der Waals surface area contributed by atoms with Gasteiger partial charge in [0, 0.05) is 12.6 Å². The lowest BCUT2D eigenvalue weighted by molar-refractivity contribution is 0.0694. The van der Waals surface area contributed by atoms with Gasteiger partial charge in [0.2, 0.25) is 0 Å². The Labute approximate surface area is 234 Å². The minimum atomic E-state index is -1.17. The zero-order chi connectivity index (χ0) is 28.9. The SMILES string of the molecule is C[C@@H](OC(=O)Nc1c(-c2ccc(-c3ccc(Oc4ccccc4C(=O)O)c(F)c3)cc2)nnn1C)c1ccccc1. The van der Waals surface area contributed by atoms with Gasteiger partial charge in [0.25, 0.3) is 0 Å². The zero-order valence-electron chi connectivity index (χ0n) is 22.1. The molecule has 0 fully saturated rings. The maximum absolute atomic E-state index is 14.9. The van der Waals surface area contributed by atoms with Crippen LogP contribution in [0.5, 0.6) is 11.5 Å². The van der Waals surface area contributed by atoms with Gasteiger partial charge < -0.3 is 14.6 Å². The number of hydrogen-bond acceptors (Lipinski definition) is 6. The Kier molecular flexibility index (Phi) is 7.73. The number of ether oxygens (including phenoxy) is 2. The Morgan fingerprint density at radius 2 is 1.54 bits per heavy atom. The van der Waals surface area contributed by atoms with Crippen LogP contribution in [-0.2, 0) is 11.8 Å². The number of para-hydroxylation sites is 1. The average molecular weight is 553 g/mol. The van der Waals surface area contributed by atoms with E-state index in [0.717, 1.165) is 11.1 Å². The molecular weight excluding hydrogens is 527 g/mol. The van der Waals surface area contributed by atoms with Crippen molar-refractivity contribution in [2.75, 3.05) is 5.32 Å². The van der Waals surface area contributed by atoms with Crippen molar-refractivity contribution in [3.05, 3.63) is 114 Å². The van der Waals surface area contributed by atoms with Gasteiger partial charge in [-0.3, -0.25) is 5.32 Å². The molecule has 0 bridgehead atoms. The van der Waals surface area contributed by atoms with Crippen molar-refractivity contribution in [2.45, 2.75) is 13.0 Å². The van der Waals surface area contributed by atoms with E-state index < -0.39 is 24.0 Å². The number of hydrogen-bond donors (Lipinski definition) is 2. The number of halogens is 1. The maximum Gasteiger partial charge on any atom is 0.413 e. The first-order valence-corrected chi connectivity index (χ1v) is 12.6. The maximum atomic E-state index is 14.9. The summed E-state index contributed by atoms with van der Waals surface area (Å²) in [6, 6.07) is 27.0. The third-order valence-corrected chi connectivity index (χ3v) is 6.36. The summed E-state index contributed by atoms with van der Waals surface area (Å²) in [6.45, 7) is 1.78. The van der Waals surface area contributed by atoms with Gasteiger partial charge in [-0.1, -0.05) is 78.0 Å². The molecule has 5 rings (SSSR count). The molecule has 10 heteroatoms. The Morgan fingerprint density at radius 3 is 2.24 bits per heavy atom. The minimum Gasteiger partial charge on any atom is -0.478 e. The normalized spacial score (nSPS) is 11.5. The van der Waals surface area contributed by atoms with Gasteiger partial charge in [-0.25, -0.2) is 18.7 Å². The Balaban J connectivity index is 1.31. The third kappa shape index (κ3) is 6.06. The van der Waals surface area contributed by atoms with Gasteiger partial charge in [0.1, 0.15) is 23.1 Å². The molecule has 4 aromatic carbocycles. The van der Waals surface area contributed by atoms with E-state index in [1.165, 1.54) is 28.9 Å². The van der Waals surface area contributed by atoms with E-state index in [9.17, 15) is 19.1 Å². The topological polar surface area (TPSA) is 116 Å². The quantitative estimate of drug-likeness (QED) is 0.211. The van der Waals surface area contributed by atoms with Gasteiger partial charge in [-0.15, -0.1) is 5.10 Å². The summed E-state index contributed by atoms with van der Waals surface area (Å²) < 4.78 is 27.4. The molecule has 0 saturated heterocycles. The first kappa shape index (κ1) is 27.1. The number of anilines is 1. The lowest BCUT2D eigenvalue weighted by atomic mass is 10.0. The summed E-state index contributed by atoms with van der Waals surface area (Å²) in [7, 11) is 1.66. The van der Waals surface area contributed by atoms with Gasteiger partial charge in [0.15, 0.2) is 17.4 Å². The average Bonchev–Trinajstić information content (AvgIpc) is 3.34. The van der Waals surface area contributed by atoms with Gasteiger partial charge in [-0.05, 0) is 47.9 Å². The van der Waals surface area contributed by atoms with Gasteiger partial charge in [0.05, 0.1) is 0 Å². The molecule has 1 heterocycles. The van der Waals surface area contributed by atoms with Crippen LogP contribution in [0.4, 0.5) is 15.0 Å². The molecule has 0 radical (unpaired) electrons. The molecule has 0 aliphatic carbocycles. The smallest absolute Gasteiger partial charge is 0.413 e. The predicted octanol–water partition coefficient (Wildman–Crippen LogP) is 7.09. The summed E-state index contributed by atoms with van der Waals surface area (Å²) in [5.41, 5.74) is 3.23. The van der Waals surface area contributed by atoms with Crippen molar-refractivity contribution in [3.63, 3.8) is 0 Å². The van der Waals surface area contributed by atoms with E-state index in [1.54, 1.807) is 56.4 Å². The van der Waals surface area contributed by atoms with E-state index in [1.807, 2.05) is 30.3 Å². The van der Waals surface area contributed by atoms with Crippen molar-refractivity contribution in [3.8, 4) is 33.9 Å². The van der Waals surface area contributed by atoms with Gasteiger partial charge >= 0.3 is 12.1 Å². The number of carboxylic acid groups (broad SMARTS) is 1. The number of amides is 1. The highest BCUT2D eigenvalue weighted by Crippen LogP contribution is 2.32. The number of carboxylic acids is 1. The standard InChI is InChI=1S/C31H25FN4O5/c1-19(20-8-4-3-5-9-20)40-31(39)33-29-28(34-35-36(29)2)22-14-12-21(13-15-22)23-16-17-27(25(32)18-23)41-26-11-7-6-10-24(26)30(37)38/h3-19H,1-2H3,(H,33,39)(H,37,38)/t19-/m1/s1. The number of nitrogens with one attached hydrogen (secondary N) is 1. The Hall–Kier alpha value is -5.51. The second kappa shape index (κ2) is 11.7. The lowest BCUT2D eigenvalue weighted by Gasteiger charge is -2.14. The Morgan fingerprint density at radius 1 is 0.878 bits per heavy atom. The Bertz CT molecular complexity index is 1700. The van der Waals surface area contributed by atoms with E-state index in [2.05, 4.69) is 15.6 Å². The van der Waals surface area contributed by atoms with Crippen LogP contribution in [-0.4, -0.2) is 32.2 Å². The van der Waals surface area contributed by atoms with Crippen molar-refractivity contribution in [1.82, 2.24) is 15.0 Å². The molecule has 5 aromatic rings. The van der Waals surface area contributed by atoms with Crippen LogP contribution in [0.3, 0.4) is 0 Å². The predicted molar refractivity (Wildman–Crippen MR) is 150 cm³/mol. The molecule has 1 atom stereocenters. The molecule has 0 aliphatic heterocycles. The van der Waals surface area contributed by atoms with Crippen molar-refractivity contribution in [1.29, 1.82) is 0 Å². The second-order valence-electron chi connectivity index (χ2n) is 9.12. The molecule has 206 valence electrons. The summed E-state index contributed by atoms with van der Waals surface area (Å²) >= 11 is 0. The van der Waals surface area contributed by atoms with Gasteiger partial charge in [-0.2, -0.15) is 0 Å². The molecule has 1 amide bonds. The van der Waals surface area contributed by atoms with E-state index in [4.69, 9.17) is 9.47 Å². The molecule has 9 nitrogen and oxygen atoms in total. The number of nitrogens with zero attached hydrogens (tertiary/aromatic N) is 3.